The van der Waals surface area contributed by atoms with Gasteiger partial charge >= 0.3 is 6.36 Å². The van der Waals surface area contributed by atoms with Crippen LogP contribution in [0.1, 0.15) is 0 Å². The number of carbonyl (C=O) groups is 1. The molecule has 11 heteroatoms. The Balaban J connectivity index is 1.46. The number of rotatable bonds is 6. The SMILES string of the molecule is O=C(COc1ccc(OC(F)(F)F)cc1)N1CCN(c2ccc([SH](=O)=O)cc2)CC1. The van der Waals surface area contributed by atoms with E-state index in [0.29, 0.717) is 26.2 Å². The summed E-state index contributed by atoms with van der Waals surface area (Å²) in [6, 6.07) is 11.4. The van der Waals surface area contributed by atoms with Gasteiger partial charge in [-0.15, -0.1) is 13.2 Å². The summed E-state index contributed by atoms with van der Waals surface area (Å²) in [5.74, 6) is -0.343. The van der Waals surface area contributed by atoms with Crippen LogP contribution in [0, 0.1) is 0 Å². The van der Waals surface area contributed by atoms with E-state index in [0.717, 1.165) is 17.8 Å². The maximum atomic E-state index is 12.3. The predicted molar refractivity (Wildman–Crippen MR) is 102 cm³/mol. The summed E-state index contributed by atoms with van der Waals surface area (Å²) < 4.78 is 67.5. The van der Waals surface area contributed by atoms with Gasteiger partial charge in [0.15, 0.2) is 17.3 Å². The van der Waals surface area contributed by atoms with E-state index < -0.39 is 17.1 Å². The van der Waals surface area contributed by atoms with Crippen molar-refractivity contribution in [1.82, 2.24) is 4.90 Å². The predicted octanol–water partition coefficient (Wildman–Crippen LogP) is 2.28. The third-order valence-electron chi connectivity index (χ3n) is 4.48. The number of carbonyl (C=O) groups excluding carboxylic acids is 1. The third-order valence-corrected chi connectivity index (χ3v) is 5.20. The summed E-state index contributed by atoms with van der Waals surface area (Å²) in [5.41, 5.74) is 0.875. The van der Waals surface area contributed by atoms with E-state index in [1.165, 1.54) is 24.3 Å². The van der Waals surface area contributed by atoms with Crippen molar-refractivity contribution in [3.8, 4) is 11.5 Å². The van der Waals surface area contributed by atoms with Crippen molar-refractivity contribution in [1.29, 1.82) is 0 Å². The number of benzene rings is 2. The van der Waals surface area contributed by atoms with Gasteiger partial charge in [-0.1, -0.05) is 0 Å². The highest BCUT2D eigenvalue weighted by Gasteiger charge is 2.31. The molecule has 1 aliphatic heterocycles. The van der Waals surface area contributed by atoms with Crippen LogP contribution in [0.4, 0.5) is 18.9 Å². The molecule has 0 atom stereocenters. The first-order valence-electron chi connectivity index (χ1n) is 8.97. The first kappa shape index (κ1) is 21.8. The zero-order valence-electron chi connectivity index (χ0n) is 15.7. The van der Waals surface area contributed by atoms with E-state index in [1.807, 2.05) is 4.90 Å². The number of hydrogen-bond acceptors (Lipinski definition) is 6. The molecule has 7 nitrogen and oxygen atoms in total. The lowest BCUT2D eigenvalue weighted by Gasteiger charge is -2.36. The first-order valence-corrected chi connectivity index (χ1v) is 10.1. The second-order valence-electron chi connectivity index (χ2n) is 6.45. The van der Waals surface area contributed by atoms with E-state index in [4.69, 9.17) is 4.74 Å². The largest absolute Gasteiger partial charge is 0.573 e. The van der Waals surface area contributed by atoms with Crippen LogP contribution in [0.3, 0.4) is 0 Å². The third kappa shape index (κ3) is 6.02. The number of ether oxygens (including phenoxy) is 2. The Morgan fingerprint density at radius 1 is 0.900 bits per heavy atom. The first-order chi connectivity index (χ1) is 14.2. The van der Waals surface area contributed by atoms with Crippen LogP contribution in [0.5, 0.6) is 11.5 Å². The van der Waals surface area contributed by atoms with Gasteiger partial charge in [-0.3, -0.25) is 4.79 Å². The van der Waals surface area contributed by atoms with Crippen LogP contribution in [0.2, 0.25) is 0 Å². The fourth-order valence-electron chi connectivity index (χ4n) is 2.97. The molecule has 30 heavy (non-hydrogen) atoms. The number of piperazine rings is 1. The summed E-state index contributed by atoms with van der Waals surface area (Å²) >= 11 is 0. The molecule has 0 aliphatic carbocycles. The van der Waals surface area contributed by atoms with Crippen molar-refractivity contribution in [2.75, 3.05) is 37.7 Å². The van der Waals surface area contributed by atoms with E-state index in [9.17, 15) is 26.4 Å². The Labute approximate surface area is 172 Å². The summed E-state index contributed by atoms with van der Waals surface area (Å²) in [5, 5.41) is 0. The Kier molecular flexibility index (Phi) is 6.70. The highest BCUT2D eigenvalue weighted by molar-refractivity contribution is 7.72. The average Bonchev–Trinajstić information content (AvgIpc) is 2.72. The number of anilines is 1. The molecule has 1 saturated heterocycles. The highest BCUT2D eigenvalue weighted by Crippen LogP contribution is 2.25. The monoisotopic (exact) mass is 444 g/mol. The maximum absolute atomic E-state index is 12.3. The lowest BCUT2D eigenvalue weighted by molar-refractivity contribution is -0.274. The highest BCUT2D eigenvalue weighted by atomic mass is 32.2. The van der Waals surface area contributed by atoms with E-state index in [-0.39, 0.29) is 28.9 Å². The fraction of sp³-hybridized carbons (Fsp3) is 0.316. The molecular weight excluding hydrogens is 425 g/mol. The molecule has 0 spiro atoms. The summed E-state index contributed by atoms with van der Waals surface area (Å²) in [7, 11) is -2.62. The van der Waals surface area contributed by atoms with Gasteiger partial charge in [-0.2, -0.15) is 0 Å². The second kappa shape index (κ2) is 9.24. The Bertz CT molecular complexity index is 930. The van der Waals surface area contributed by atoms with E-state index in [1.54, 1.807) is 17.0 Å². The number of nitrogens with zero attached hydrogens (tertiary/aromatic N) is 2. The number of thiol groups is 1. The van der Waals surface area contributed by atoms with Gasteiger partial charge in [0, 0.05) is 31.9 Å². The molecule has 0 N–H and O–H groups in total. The molecule has 0 saturated carbocycles. The van der Waals surface area contributed by atoms with E-state index >= 15 is 0 Å². The number of amides is 1. The lowest BCUT2D eigenvalue weighted by Crippen LogP contribution is -2.50. The van der Waals surface area contributed by atoms with Crippen LogP contribution in [0.25, 0.3) is 0 Å². The topological polar surface area (TPSA) is 76.2 Å². The molecule has 162 valence electrons. The molecule has 1 aliphatic rings. The van der Waals surface area contributed by atoms with Crippen LogP contribution >= 0.6 is 0 Å². The van der Waals surface area contributed by atoms with Gasteiger partial charge in [0.2, 0.25) is 0 Å². The zero-order valence-corrected chi connectivity index (χ0v) is 16.6. The molecule has 3 rings (SSSR count). The minimum atomic E-state index is -4.77. The molecule has 1 heterocycles. The zero-order chi connectivity index (χ0) is 21.7. The molecule has 0 unspecified atom stereocenters. The van der Waals surface area contributed by atoms with Crippen molar-refractivity contribution in [2.45, 2.75) is 11.3 Å². The van der Waals surface area contributed by atoms with Crippen molar-refractivity contribution in [3.05, 3.63) is 48.5 Å². The smallest absolute Gasteiger partial charge is 0.484 e. The Morgan fingerprint density at radius 2 is 1.47 bits per heavy atom. The van der Waals surface area contributed by atoms with Crippen molar-refractivity contribution >= 4 is 22.3 Å². The van der Waals surface area contributed by atoms with Crippen molar-refractivity contribution in [3.63, 3.8) is 0 Å². The normalized spacial score (nSPS) is 14.7. The van der Waals surface area contributed by atoms with Gasteiger partial charge in [-0.05, 0) is 48.5 Å². The molecule has 0 bridgehead atoms. The van der Waals surface area contributed by atoms with Gasteiger partial charge in [0.05, 0.1) is 4.90 Å². The molecule has 2 aromatic rings. The lowest BCUT2D eigenvalue weighted by atomic mass is 10.2. The Hall–Kier alpha value is -2.95. The molecule has 0 aromatic heterocycles. The molecule has 1 amide bonds. The number of halogens is 3. The maximum Gasteiger partial charge on any atom is 0.573 e. The Morgan fingerprint density at radius 3 is 2.00 bits per heavy atom. The minimum Gasteiger partial charge on any atom is -0.484 e. The molecule has 0 radical (unpaired) electrons. The van der Waals surface area contributed by atoms with Crippen LogP contribution in [-0.4, -0.2) is 58.4 Å². The van der Waals surface area contributed by atoms with Gasteiger partial charge in [0.1, 0.15) is 11.5 Å². The molecule has 2 aromatic carbocycles. The van der Waals surface area contributed by atoms with Crippen molar-refractivity contribution < 1.29 is 35.9 Å². The van der Waals surface area contributed by atoms with Crippen LogP contribution < -0.4 is 14.4 Å². The molecule has 1 fully saturated rings. The van der Waals surface area contributed by atoms with Crippen LogP contribution in [-0.2, 0) is 15.5 Å². The van der Waals surface area contributed by atoms with Gasteiger partial charge < -0.3 is 19.3 Å². The fourth-order valence-corrected chi connectivity index (χ4v) is 3.37. The summed E-state index contributed by atoms with van der Waals surface area (Å²) in [6.07, 6.45) is -4.77. The van der Waals surface area contributed by atoms with Crippen molar-refractivity contribution in [2.24, 2.45) is 0 Å². The van der Waals surface area contributed by atoms with E-state index in [2.05, 4.69) is 4.74 Å². The quantitative estimate of drug-likeness (QED) is 0.689. The minimum absolute atomic E-state index is 0.231. The summed E-state index contributed by atoms with van der Waals surface area (Å²) in [6.45, 7) is 1.87. The summed E-state index contributed by atoms with van der Waals surface area (Å²) in [4.78, 5) is 16.3. The second-order valence-corrected chi connectivity index (χ2v) is 7.48. The molecular formula is C19H19F3N2O5S. The number of alkyl halides is 3. The average molecular weight is 444 g/mol. The van der Waals surface area contributed by atoms with Crippen LogP contribution in [0.15, 0.2) is 53.4 Å². The van der Waals surface area contributed by atoms with Gasteiger partial charge in [0.25, 0.3) is 5.91 Å². The standard InChI is InChI=1S/C19H19F3N2O5S/c20-19(21,22)29-16-5-3-15(4-6-16)28-13-18(25)24-11-9-23(10-12-24)14-1-7-17(8-2-14)30(26)27/h1-8,30H,9-13H2. The number of hydrogen-bond donors (Lipinski definition) is 1. The van der Waals surface area contributed by atoms with Gasteiger partial charge in [-0.25, -0.2) is 8.42 Å².